The van der Waals surface area contributed by atoms with Gasteiger partial charge in [0, 0.05) is 24.0 Å². The third kappa shape index (κ3) is 1.48. The molecular formula is C9H9N5S. The van der Waals surface area contributed by atoms with Crippen molar-refractivity contribution >= 4 is 22.0 Å². The molecule has 0 atom stereocenters. The average Bonchev–Trinajstić information content (AvgIpc) is 2.81. The number of hydrogen-bond acceptors (Lipinski definition) is 4. The Hall–Kier alpha value is -1.82. The highest BCUT2D eigenvalue weighted by Crippen LogP contribution is 2.12. The minimum atomic E-state index is 0.658. The number of aromatic nitrogens is 4. The van der Waals surface area contributed by atoms with Crippen LogP contribution in [0.15, 0.2) is 30.2 Å². The van der Waals surface area contributed by atoms with E-state index in [0.717, 1.165) is 10.7 Å². The molecule has 0 fully saturated rings. The van der Waals surface area contributed by atoms with Gasteiger partial charge in [-0.3, -0.25) is 9.08 Å². The van der Waals surface area contributed by atoms with Crippen molar-refractivity contribution in [1.82, 2.24) is 19.2 Å². The molecule has 0 aliphatic rings. The molecule has 3 aromatic rings. The molecule has 0 bridgehead atoms. The van der Waals surface area contributed by atoms with Gasteiger partial charge < -0.3 is 5.73 Å². The van der Waals surface area contributed by atoms with Gasteiger partial charge in [-0.25, -0.2) is 4.98 Å². The molecule has 0 amide bonds. The molecule has 3 rings (SSSR count). The van der Waals surface area contributed by atoms with Crippen LogP contribution < -0.4 is 5.73 Å². The first kappa shape index (κ1) is 8.49. The van der Waals surface area contributed by atoms with Crippen LogP contribution in [0.3, 0.4) is 0 Å². The van der Waals surface area contributed by atoms with Gasteiger partial charge in [-0.05, 0) is 0 Å². The molecule has 6 heteroatoms. The Bertz CT molecular complexity index is 562. The number of nitrogens with two attached hydrogens (primary N) is 1. The van der Waals surface area contributed by atoms with Gasteiger partial charge in [-0.1, -0.05) is 0 Å². The molecule has 0 radical (unpaired) electrons. The molecule has 3 heterocycles. The molecular weight excluding hydrogens is 210 g/mol. The summed E-state index contributed by atoms with van der Waals surface area (Å²) in [5, 5.41) is 6.12. The lowest BCUT2D eigenvalue weighted by Crippen LogP contribution is -1.99. The van der Waals surface area contributed by atoms with E-state index >= 15 is 0 Å². The summed E-state index contributed by atoms with van der Waals surface area (Å²) in [4.78, 5) is 5.46. The van der Waals surface area contributed by atoms with Gasteiger partial charge in [-0.15, -0.1) is 11.3 Å². The number of anilines is 1. The van der Waals surface area contributed by atoms with Crippen molar-refractivity contribution in [2.45, 2.75) is 6.54 Å². The highest BCUT2D eigenvalue weighted by atomic mass is 32.1. The lowest BCUT2D eigenvalue weighted by Gasteiger charge is -1.95. The molecule has 0 aliphatic carbocycles. The Labute approximate surface area is 89.8 Å². The largest absolute Gasteiger partial charge is 0.396 e. The van der Waals surface area contributed by atoms with Crippen molar-refractivity contribution in [3.63, 3.8) is 0 Å². The summed E-state index contributed by atoms with van der Waals surface area (Å²) in [6, 6.07) is 0. The van der Waals surface area contributed by atoms with Crippen LogP contribution in [-0.2, 0) is 6.54 Å². The molecule has 76 valence electrons. The van der Waals surface area contributed by atoms with Crippen LogP contribution in [0.2, 0.25) is 0 Å². The highest BCUT2D eigenvalue weighted by molar-refractivity contribution is 7.15. The fraction of sp³-hybridized carbons (Fsp3) is 0.111. The molecule has 0 aliphatic heterocycles. The molecule has 0 spiro atoms. The van der Waals surface area contributed by atoms with E-state index in [0.29, 0.717) is 12.2 Å². The molecule has 15 heavy (non-hydrogen) atoms. The molecule has 2 N–H and O–H groups in total. The molecule has 0 saturated heterocycles. The summed E-state index contributed by atoms with van der Waals surface area (Å²) >= 11 is 1.62. The van der Waals surface area contributed by atoms with Crippen LogP contribution in [0.4, 0.5) is 5.69 Å². The fourth-order valence-corrected chi connectivity index (χ4v) is 2.20. The second-order valence-electron chi connectivity index (χ2n) is 3.30. The predicted molar refractivity (Wildman–Crippen MR) is 58.8 cm³/mol. The van der Waals surface area contributed by atoms with Gasteiger partial charge >= 0.3 is 0 Å². The van der Waals surface area contributed by atoms with E-state index < -0.39 is 0 Å². The van der Waals surface area contributed by atoms with Gasteiger partial charge in [-0.2, -0.15) is 5.10 Å². The monoisotopic (exact) mass is 219 g/mol. The van der Waals surface area contributed by atoms with Crippen molar-refractivity contribution in [3.8, 4) is 0 Å². The van der Waals surface area contributed by atoms with Crippen molar-refractivity contribution in [2.24, 2.45) is 0 Å². The Morgan fingerprint density at radius 3 is 3.07 bits per heavy atom. The van der Waals surface area contributed by atoms with E-state index in [2.05, 4.69) is 10.1 Å². The van der Waals surface area contributed by atoms with E-state index in [1.54, 1.807) is 28.4 Å². The molecule has 0 aromatic carbocycles. The highest BCUT2D eigenvalue weighted by Gasteiger charge is 2.03. The van der Waals surface area contributed by atoms with E-state index in [4.69, 9.17) is 5.73 Å². The minimum absolute atomic E-state index is 0.658. The van der Waals surface area contributed by atoms with Gasteiger partial charge in [0.05, 0.1) is 24.1 Å². The number of rotatable bonds is 2. The topological polar surface area (TPSA) is 61.1 Å². The number of thiazole rings is 1. The zero-order valence-corrected chi connectivity index (χ0v) is 8.68. The van der Waals surface area contributed by atoms with E-state index in [1.165, 1.54) is 0 Å². The molecule has 0 saturated carbocycles. The number of hydrogen-bond donors (Lipinski definition) is 1. The second kappa shape index (κ2) is 3.09. The zero-order chi connectivity index (χ0) is 10.3. The summed E-state index contributed by atoms with van der Waals surface area (Å²) < 4.78 is 3.79. The van der Waals surface area contributed by atoms with E-state index in [9.17, 15) is 0 Å². The summed E-state index contributed by atoms with van der Waals surface area (Å²) in [5.74, 6) is 0. The minimum Gasteiger partial charge on any atom is -0.396 e. The SMILES string of the molecule is Nc1cnn(Cc2cn3ccsc3n2)c1. The summed E-state index contributed by atoms with van der Waals surface area (Å²) in [6.07, 6.45) is 7.43. The van der Waals surface area contributed by atoms with Crippen LogP contribution in [-0.4, -0.2) is 19.2 Å². The average molecular weight is 219 g/mol. The van der Waals surface area contributed by atoms with Crippen LogP contribution in [0.5, 0.6) is 0 Å². The van der Waals surface area contributed by atoms with E-state index in [1.807, 2.05) is 22.2 Å². The summed E-state index contributed by atoms with van der Waals surface area (Å²) in [6.45, 7) is 0.658. The van der Waals surface area contributed by atoms with Crippen LogP contribution in [0.25, 0.3) is 4.96 Å². The zero-order valence-electron chi connectivity index (χ0n) is 7.87. The number of imidazole rings is 1. The van der Waals surface area contributed by atoms with Crippen molar-refractivity contribution in [2.75, 3.05) is 5.73 Å². The van der Waals surface area contributed by atoms with Crippen LogP contribution >= 0.6 is 11.3 Å². The van der Waals surface area contributed by atoms with Gasteiger partial charge in [0.2, 0.25) is 0 Å². The first-order valence-electron chi connectivity index (χ1n) is 4.50. The van der Waals surface area contributed by atoms with Gasteiger partial charge in [0.1, 0.15) is 0 Å². The Balaban J connectivity index is 1.92. The van der Waals surface area contributed by atoms with Crippen molar-refractivity contribution in [1.29, 1.82) is 0 Å². The standard InChI is InChI=1S/C9H9N5S/c10-7-3-11-14(4-7)6-8-5-13-1-2-15-9(13)12-8/h1-5H,6,10H2. The molecule has 0 unspecified atom stereocenters. The number of nitrogens with zero attached hydrogens (tertiary/aromatic N) is 4. The molecule has 3 aromatic heterocycles. The molecule has 5 nitrogen and oxygen atoms in total. The third-order valence-electron chi connectivity index (χ3n) is 2.12. The normalized spacial score (nSPS) is 11.2. The lowest BCUT2D eigenvalue weighted by molar-refractivity contribution is 0.676. The maximum absolute atomic E-state index is 5.58. The van der Waals surface area contributed by atoms with Crippen molar-refractivity contribution in [3.05, 3.63) is 35.9 Å². The smallest absolute Gasteiger partial charge is 0.193 e. The number of fused-ring (bicyclic) bond motifs is 1. The number of nitrogen functional groups attached to an aromatic ring is 1. The van der Waals surface area contributed by atoms with E-state index in [-0.39, 0.29) is 0 Å². The quantitative estimate of drug-likeness (QED) is 0.705. The van der Waals surface area contributed by atoms with Gasteiger partial charge in [0.25, 0.3) is 0 Å². The maximum atomic E-state index is 5.58. The second-order valence-corrected chi connectivity index (χ2v) is 4.17. The van der Waals surface area contributed by atoms with Gasteiger partial charge in [0.15, 0.2) is 4.96 Å². The lowest BCUT2D eigenvalue weighted by atomic mass is 10.5. The Morgan fingerprint density at radius 1 is 1.40 bits per heavy atom. The Morgan fingerprint density at radius 2 is 2.33 bits per heavy atom. The maximum Gasteiger partial charge on any atom is 0.193 e. The predicted octanol–water partition coefficient (Wildman–Crippen LogP) is 1.22. The van der Waals surface area contributed by atoms with Crippen LogP contribution in [0, 0.1) is 0 Å². The first-order chi connectivity index (χ1) is 7.31. The van der Waals surface area contributed by atoms with Crippen LogP contribution in [0.1, 0.15) is 5.69 Å². The fourth-order valence-electron chi connectivity index (χ4n) is 1.48. The van der Waals surface area contributed by atoms with Crippen molar-refractivity contribution < 1.29 is 0 Å². The third-order valence-corrected chi connectivity index (χ3v) is 2.89. The first-order valence-corrected chi connectivity index (χ1v) is 5.38. The summed E-state index contributed by atoms with van der Waals surface area (Å²) in [5.41, 5.74) is 7.25. The Kier molecular flexibility index (Phi) is 1.75. The summed E-state index contributed by atoms with van der Waals surface area (Å²) in [7, 11) is 0.